The molecule has 1 aliphatic heterocycles. The lowest BCUT2D eigenvalue weighted by molar-refractivity contribution is 0.0777. The molecule has 3 heterocycles. The number of hydrogen-bond donors (Lipinski definition) is 0. The Morgan fingerprint density at radius 3 is 2.71 bits per heavy atom. The van der Waals surface area contributed by atoms with E-state index in [1.807, 2.05) is 68.4 Å². The molecule has 0 saturated carbocycles. The van der Waals surface area contributed by atoms with E-state index in [1.54, 1.807) is 7.11 Å². The smallest absolute Gasteiger partial charge is 0.277 e. The Kier molecular flexibility index (Phi) is 6.50. The minimum Gasteiger partial charge on any atom is -0.496 e. The van der Waals surface area contributed by atoms with Gasteiger partial charge in [0.25, 0.3) is 11.1 Å². The van der Waals surface area contributed by atoms with E-state index in [-0.39, 0.29) is 17.6 Å². The highest BCUT2D eigenvalue weighted by Crippen LogP contribution is 2.32. The fourth-order valence-electron chi connectivity index (χ4n) is 4.12. The van der Waals surface area contributed by atoms with Gasteiger partial charge < -0.3 is 23.2 Å². The van der Waals surface area contributed by atoms with Crippen molar-refractivity contribution in [2.24, 2.45) is 0 Å². The van der Waals surface area contributed by atoms with Crippen molar-refractivity contribution in [3.63, 3.8) is 0 Å². The highest BCUT2D eigenvalue weighted by molar-refractivity contribution is 7.99. The van der Waals surface area contributed by atoms with Gasteiger partial charge in [0.15, 0.2) is 23.4 Å². The Balaban J connectivity index is 1.24. The van der Waals surface area contributed by atoms with Crippen LogP contribution in [0.1, 0.15) is 21.7 Å². The molecule has 8 nitrogen and oxygen atoms in total. The molecule has 0 fully saturated rings. The molecule has 2 aromatic heterocycles. The maximum Gasteiger partial charge on any atom is 0.277 e. The number of carbonyl (C=O) groups is 1. The minimum atomic E-state index is -0.140. The van der Waals surface area contributed by atoms with Crippen molar-refractivity contribution in [3.8, 4) is 28.7 Å². The van der Waals surface area contributed by atoms with Gasteiger partial charge >= 0.3 is 0 Å². The molecule has 5 rings (SSSR count). The van der Waals surface area contributed by atoms with E-state index < -0.39 is 0 Å². The summed E-state index contributed by atoms with van der Waals surface area (Å²) in [6.07, 6.45) is -0.140. The molecule has 0 N–H and O–H groups in total. The zero-order valence-electron chi connectivity index (χ0n) is 19.7. The number of carbonyl (C=O) groups excluding carboxylic acids is 1. The second-order valence-electron chi connectivity index (χ2n) is 8.18. The molecule has 9 heteroatoms. The fraction of sp³-hybridized carbons (Fsp3) is 0.269. The first kappa shape index (κ1) is 23.0. The lowest BCUT2D eigenvalue weighted by atomic mass is 10.2. The van der Waals surface area contributed by atoms with Crippen LogP contribution in [0.4, 0.5) is 0 Å². The van der Waals surface area contributed by atoms with Crippen molar-refractivity contribution in [3.05, 3.63) is 71.5 Å². The molecule has 0 aliphatic carbocycles. The van der Waals surface area contributed by atoms with Gasteiger partial charge in [-0.25, -0.2) is 0 Å². The summed E-state index contributed by atoms with van der Waals surface area (Å²) in [5.41, 5.74) is 3.28. The Morgan fingerprint density at radius 1 is 1.11 bits per heavy atom. The Morgan fingerprint density at radius 2 is 1.89 bits per heavy atom. The molecule has 4 aromatic rings. The highest BCUT2D eigenvalue weighted by Gasteiger charge is 2.24. The van der Waals surface area contributed by atoms with Crippen LogP contribution in [0.3, 0.4) is 0 Å². The Hall–Kier alpha value is -3.72. The molecular formula is C26H25N3O5S. The molecule has 0 amide bonds. The Bertz CT molecular complexity index is 1360. The van der Waals surface area contributed by atoms with Gasteiger partial charge in [0.2, 0.25) is 0 Å². The normalized spacial score (nSPS) is 14.7. The van der Waals surface area contributed by atoms with Crippen LogP contribution in [0.2, 0.25) is 0 Å². The number of Topliss-reactive ketones (excluding diaryl/α,β-unsaturated/α-hetero) is 1. The van der Waals surface area contributed by atoms with Gasteiger partial charge in [-0.3, -0.25) is 4.79 Å². The topological polar surface area (TPSA) is 88.6 Å². The fourth-order valence-corrected chi connectivity index (χ4v) is 4.77. The van der Waals surface area contributed by atoms with Crippen LogP contribution in [-0.2, 0) is 6.54 Å². The lowest BCUT2D eigenvalue weighted by Crippen LogP contribution is -2.33. The molecule has 35 heavy (non-hydrogen) atoms. The lowest BCUT2D eigenvalue weighted by Gasteiger charge is -2.27. The van der Waals surface area contributed by atoms with Gasteiger partial charge in [-0.1, -0.05) is 36.0 Å². The molecule has 0 radical (unpaired) electrons. The van der Waals surface area contributed by atoms with Crippen molar-refractivity contribution in [2.75, 3.05) is 19.5 Å². The van der Waals surface area contributed by atoms with E-state index in [4.69, 9.17) is 18.6 Å². The monoisotopic (exact) mass is 491 g/mol. The number of benzene rings is 2. The largest absolute Gasteiger partial charge is 0.496 e. The number of aromatic nitrogens is 3. The summed E-state index contributed by atoms with van der Waals surface area (Å²) in [4.78, 5) is 13.0. The number of ether oxygens (including phenoxy) is 3. The van der Waals surface area contributed by atoms with E-state index in [0.717, 1.165) is 22.9 Å². The van der Waals surface area contributed by atoms with Crippen LogP contribution in [0.5, 0.6) is 17.2 Å². The molecule has 1 aliphatic rings. The number of rotatable bonds is 8. The average molecular weight is 492 g/mol. The molecule has 0 saturated heterocycles. The van der Waals surface area contributed by atoms with Gasteiger partial charge in [0, 0.05) is 17.0 Å². The van der Waals surface area contributed by atoms with Gasteiger partial charge in [-0.05, 0) is 44.2 Å². The maximum atomic E-state index is 13.0. The third-order valence-corrected chi connectivity index (χ3v) is 6.72. The zero-order chi connectivity index (χ0) is 24.4. The number of hydrogen-bond acceptors (Lipinski definition) is 8. The van der Waals surface area contributed by atoms with Crippen LogP contribution in [-0.4, -0.2) is 46.1 Å². The van der Waals surface area contributed by atoms with Crippen LogP contribution >= 0.6 is 11.8 Å². The summed E-state index contributed by atoms with van der Waals surface area (Å²) in [5, 5.41) is 8.51. The van der Waals surface area contributed by atoms with E-state index in [2.05, 4.69) is 14.8 Å². The molecular weight excluding hydrogens is 466 g/mol. The van der Waals surface area contributed by atoms with Crippen molar-refractivity contribution in [1.29, 1.82) is 0 Å². The first-order valence-corrected chi connectivity index (χ1v) is 12.2. The first-order valence-electron chi connectivity index (χ1n) is 11.2. The molecule has 0 spiro atoms. The number of aryl methyl sites for hydroxylation is 1. The minimum absolute atomic E-state index is 0.00227. The molecule has 180 valence electrons. The SMILES string of the molecule is COc1ccccc1-c1nnc(SCC(=O)c2cc(C)n(C[C@@H]3COc4ccccc4O3)c2C)o1. The van der Waals surface area contributed by atoms with E-state index in [0.29, 0.717) is 41.1 Å². The summed E-state index contributed by atoms with van der Waals surface area (Å²) in [6, 6.07) is 17.0. The molecule has 1 atom stereocenters. The summed E-state index contributed by atoms with van der Waals surface area (Å²) in [6.45, 7) is 5.00. The van der Waals surface area contributed by atoms with Crippen LogP contribution in [0.25, 0.3) is 11.5 Å². The summed E-state index contributed by atoms with van der Waals surface area (Å²) >= 11 is 1.22. The third kappa shape index (κ3) is 4.77. The standard InChI is InChI=1S/C26H25N3O5S/c1-16-12-20(17(2)29(16)13-18-14-32-23-10-6-7-11-24(23)33-18)21(30)15-35-26-28-27-25(34-26)19-8-4-5-9-22(19)31-3/h4-12,18H,13-15H2,1-3H3/t18-/m1/s1. The van der Waals surface area contributed by atoms with Crippen LogP contribution < -0.4 is 14.2 Å². The van der Waals surface area contributed by atoms with Gasteiger partial charge in [0.1, 0.15) is 12.4 Å². The van der Waals surface area contributed by atoms with Gasteiger partial charge in [-0.2, -0.15) is 0 Å². The second kappa shape index (κ2) is 9.87. The molecule has 0 unspecified atom stereocenters. The molecule has 0 bridgehead atoms. The Labute approximate surface area is 207 Å². The zero-order valence-corrected chi connectivity index (χ0v) is 20.5. The second-order valence-corrected chi connectivity index (χ2v) is 9.10. The van der Waals surface area contributed by atoms with Gasteiger partial charge in [-0.15, -0.1) is 10.2 Å². The van der Waals surface area contributed by atoms with E-state index >= 15 is 0 Å². The number of ketones is 1. The summed E-state index contributed by atoms with van der Waals surface area (Å²) < 4.78 is 25.2. The van der Waals surface area contributed by atoms with E-state index in [1.165, 1.54) is 11.8 Å². The highest BCUT2D eigenvalue weighted by atomic mass is 32.2. The number of para-hydroxylation sites is 3. The van der Waals surface area contributed by atoms with Crippen molar-refractivity contribution >= 4 is 17.5 Å². The van der Waals surface area contributed by atoms with Crippen molar-refractivity contribution in [1.82, 2.24) is 14.8 Å². The predicted octanol–water partition coefficient (Wildman–Crippen LogP) is 4.98. The number of fused-ring (bicyclic) bond motifs is 1. The average Bonchev–Trinajstić information content (AvgIpc) is 3.47. The van der Waals surface area contributed by atoms with Crippen LogP contribution in [0, 0.1) is 13.8 Å². The van der Waals surface area contributed by atoms with Crippen molar-refractivity contribution < 1.29 is 23.4 Å². The molecule has 2 aromatic carbocycles. The van der Waals surface area contributed by atoms with Crippen molar-refractivity contribution in [2.45, 2.75) is 31.7 Å². The van der Waals surface area contributed by atoms with Gasteiger partial charge in [0.05, 0.1) is 25.0 Å². The number of nitrogens with zero attached hydrogens (tertiary/aromatic N) is 3. The van der Waals surface area contributed by atoms with Crippen LogP contribution in [0.15, 0.2) is 64.2 Å². The summed E-state index contributed by atoms with van der Waals surface area (Å²) in [5.74, 6) is 2.68. The van der Waals surface area contributed by atoms with E-state index in [9.17, 15) is 4.79 Å². The third-order valence-electron chi connectivity index (χ3n) is 5.90. The predicted molar refractivity (Wildman–Crippen MR) is 132 cm³/mol. The summed E-state index contributed by atoms with van der Waals surface area (Å²) in [7, 11) is 1.59. The maximum absolute atomic E-state index is 13.0. The number of methoxy groups -OCH3 is 1. The quantitative estimate of drug-likeness (QED) is 0.252. The number of thioether (sulfide) groups is 1. The first-order chi connectivity index (χ1) is 17.0.